The average molecular weight is 378 g/mol. The van der Waals surface area contributed by atoms with E-state index in [0.29, 0.717) is 38.6 Å². The van der Waals surface area contributed by atoms with E-state index in [1.165, 1.54) is 0 Å². The fourth-order valence-electron chi connectivity index (χ4n) is 3.44. The quantitative estimate of drug-likeness (QED) is 0.760. The minimum atomic E-state index is -0.443. The molecular formula is C20H30N2O5. The maximum atomic E-state index is 12.1. The van der Waals surface area contributed by atoms with Crippen LogP contribution >= 0.6 is 0 Å². The van der Waals surface area contributed by atoms with E-state index in [1.54, 1.807) is 4.90 Å². The van der Waals surface area contributed by atoms with E-state index in [1.807, 2.05) is 38.1 Å². The van der Waals surface area contributed by atoms with Gasteiger partial charge in [-0.05, 0) is 31.5 Å². The van der Waals surface area contributed by atoms with E-state index in [4.69, 9.17) is 14.2 Å². The van der Waals surface area contributed by atoms with Gasteiger partial charge in [0.05, 0.1) is 31.5 Å². The van der Waals surface area contributed by atoms with Gasteiger partial charge in [0.25, 0.3) is 5.91 Å². The Labute approximate surface area is 160 Å². The highest BCUT2D eigenvalue weighted by atomic mass is 16.5. The van der Waals surface area contributed by atoms with Crippen LogP contribution in [0.4, 0.5) is 0 Å². The lowest BCUT2D eigenvalue weighted by atomic mass is 10.2. The molecule has 0 saturated carbocycles. The van der Waals surface area contributed by atoms with Crippen LogP contribution in [0.15, 0.2) is 24.3 Å². The summed E-state index contributed by atoms with van der Waals surface area (Å²) in [6.45, 7) is 8.55. The minimum Gasteiger partial charge on any atom is -0.484 e. The van der Waals surface area contributed by atoms with Crippen molar-refractivity contribution in [1.82, 2.24) is 9.80 Å². The molecule has 0 aliphatic carbocycles. The molecule has 1 aromatic carbocycles. The Morgan fingerprint density at radius 2 is 1.93 bits per heavy atom. The van der Waals surface area contributed by atoms with Crippen LogP contribution < -0.4 is 4.74 Å². The van der Waals surface area contributed by atoms with Gasteiger partial charge in [0.1, 0.15) is 5.75 Å². The largest absolute Gasteiger partial charge is 0.484 e. The Hall–Kier alpha value is -1.67. The molecule has 0 spiro atoms. The third-order valence-corrected chi connectivity index (χ3v) is 4.82. The normalized spacial score (nSPS) is 23.8. The Morgan fingerprint density at radius 1 is 1.22 bits per heavy atom. The summed E-state index contributed by atoms with van der Waals surface area (Å²) in [4.78, 5) is 16.1. The van der Waals surface area contributed by atoms with Crippen molar-refractivity contribution in [2.45, 2.75) is 38.7 Å². The third-order valence-electron chi connectivity index (χ3n) is 4.82. The number of likely N-dealkylation sites (tertiary alicyclic amines) is 1. The molecule has 3 rings (SSSR count). The van der Waals surface area contributed by atoms with Gasteiger partial charge in [-0.1, -0.05) is 12.1 Å². The Kier molecular flexibility index (Phi) is 7.07. The average Bonchev–Trinajstić information content (AvgIpc) is 3.00. The first kappa shape index (κ1) is 20.1. The van der Waals surface area contributed by atoms with Crippen molar-refractivity contribution in [1.29, 1.82) is 0 Å². The zero-order valence-electron chi connectivity index (χ0n) is 16.2. The first-order chi connectivity index (χ1) is 13.0. The molecule has 150 valence electrons. The van der Waals surface area contributed by atoms with Crippen molar-refractivity contribution in [3.05, 3.63) is 29.8 Å². The molecule has 2 saturated heterocycles. The van der Waals surface area contributed by atoms with Crippen molar-refractivity contribution in [3.63, 3.8) is 0 Å². The molecule has 2 heterocycles. The van der Waals surface area contributed by atoms with E-state index >= 15 is 0 Å². The predicted molar refractivity (Wildman–Crippen MR) is 101 cm³/mol. The van der Waals surface area contributed by atoms with Crippen molar-refractivity contribution >= 4 is 5.91 Å². The van der Waals surface area contributed by atoms with E-state index < -0.39 is 6.10 Å². The summed E-state index contributed by atoms with van der Waals surface area (Å²) in [5, 5.41) is 10.1. The van der Waals surface area contributed by atoms with Gasteiger partial charge in [0.2, 0.25) is 0 Å². The van der Waals surface area contributed by atoms with Gasteiger partial charge in [-0.2, -0.15) is 0 Å². The van der Waals surface area contributed by atoms with Crippen molar-refractivity contribution in [3.8, 4) is 5.75 Å². The topological polar surface area (TPSA) is 71.5 Å². The Bertz CT molecular complexity index is 601. The monoisotopic (exact) mass is 378 g/mol. The summed E-state index contributed by atoms with van der Waals surface area (Å²) in [5.41, 5.74) is 1.14. The highest BCUT2D eigenvalue weighted by Crippen LogP contribution is 2.19. The van der Waals surface area contributed by atoms with Crippen LogP contribution in [0.25, 0.3) is 0 Å². The summed E-state index contributed by atoms with van der Waals surface area (Å²) >= 11 is 0. The van der Waals surface area contributed by atoms with Crippen LogP contribution in [0.1, 0.15) is 19.4 Å². The molecule has 2 atom stereocenters. The summed E-state index contributed by atoms with van der Waals surface area (Å²) in [6, 6.07) is 7.77. The lowest BCUT2D eigenvalue weighted by Gasteiger charge is -2.26. The molecule has 0 unspecified atom stereocenters. The number of carbonyl (C=O) groups excluding carboxylic acids is 1. The molecule has 7 nitrogen and oxygen atoms in total. The van der Waals surface area contributed by atoms with E-state index in [0.717, 1.165) is 18.7 Å². The summed E-state index contributed by atoms with van der Waals surface area (Å²) in [5.74, 6) is 0.674. The number of ether oxygens (including phenoxy) is 3. The van der Waals surface area contributed by atoms with Crippen molar-refractivity contribution < 1.29 is 24.1 Å². The lowest BCUT2D eigenvalue weighted by molar-refractivity contribution is -0.137. The summed E-state index contributed by atoms with van der Waals surface area (Å²) in [6.07, 6.45) is -0.457. The fraction of sp³-hybridized carbons (Fsp3) is 0.650. The second kappa shape index (κ2) is 9.50. The van der Waals surface area contributed by atoms with Gasteiger partial charge in [0.15, 0.2) is 6.61 Å². The van der Waals surface area contributed by atoms with Gasteiger partial charge in [-0.25, -0.2) is 0 Å². The van der Waals surface area contributed by atoms with Gasteiger partial charge in [-0.3, -0.25) is 9.69 Å². The first-order valence-corrected chi connectivity index (χ1v) is 9.64. The Balaban J connectivity index is 1.44. The van der Waals surface area contributed by atoms with Crippen LogP contribution in [-0.2, 0) is 20.8 Å². The molecule has 1 amide bonds. The number of rotatable bonds is 7. The van der Waals surface area contributed by atoms with E-state index in [9.17, 15) is 9.90 Å². The number of benzene rings is 1. The number of carbonyl (C=O) groups is 1. The van der Waals surface area contributed by atoms with Crippen LogP contribution in [0.5, 0.6) is 5.75 Å². The molecule has 2 aliphatic heterocycles. The van der Waals surface area contributed by atoms with Gasteiger partial charge in [0, 0.05) is 32.7 Å². The summed E-state index contributed by atoms with van der Waals surface area (Å²) in [7, 11) is 0. The number of hydrogen-bond donors (Lipinski definition) is 1. The number of amides is 1. The maximum absolute atomic E-state index is 12.1. The number of hydrogen-bond acceptors (Lipinski definition) is 6. The summed E-state index contributed by atoms with van der Waals surface area (Å²) < 4.78 is 16.6. The third kappa shape index (κ3) is 5.90. The number of nitrogens with zero attached hydrogens (tertiary/aromatic N) is 2. The number of aliphatic hydroxyl groups excluding tert-OH is 1. The molecule has 0 radical (unpaired) electrons. The molecule has 27 heavy (non-hydrogen) atoms. The number of β-amino-alcohol motifs (C(OH)–C–C–N with tert-alkyl or cyclic N) is 1. The van der Waals surface area contributed by atoms with Crippen LogP contribution in [0.2, 0.25) is 0 Å². The molecule has 2 fully saturated rings. The molecule has 1 N–H and O–H groups in total. The zero-order valence-corrected chi connectivity index (χ0v) is 16.2. The molecular weight excluding hydrogens is 348 g/mol. The second-order valence-corrected chi connectivity index (χ2v) is 7.41. The van der Waals surface area contributed by atoms with Crippen molar-refractivity contribution in [2.75, 3.05) is 46.0 Å². The molecule has 0 bridgehead atoms. The van der Waals surface area contributed by atoms with Crippen molar-refractivity contribution in [2.24, 2.45) is 0 Å². The fourth-order valence-corrected chi connectivity index (χ4v) is 3.44. The molecule has 1 aromatic rings. The van der Waals surface area contributed by atoms with Crippen LogP contribution in [0, 0.1) is 0 Å². The Morgan fingerprint density at radius 3 is 2.59 bits per heavy atom. The second-order valence-electron chi connectivity index (χ2n) is 7.41. The lowest BCUT2D eigenvalue weighted by Crippen LogP contribution is -2.42. The highest BCUT2D eigenvalue weighted by Gasteiger charge is 2.32. The predicted octanol–water partition coefficient (Wildman–Crippen LogP) is 0.894. The van der Waals surface area contributed by atoms with Crippen LogP contribution in [0.3, 0.4) is 0 Å². The number of morpholine rings is 1. The molecule has 0 aromatic heterocycles. The SMILES string of the molecule is CC(C)O[C@H]1CN(Cc2ccc(OCC(=O)N3CCOCC3)cc2)C[C@@H]1O. The zero-order chi connectivity index (χ0) is 19.2. The maximum Gasteiger partial charge on any atom is 0.260 e. The standard InChI is InChI=1S/C20H30N2O5/c1-15(2)27-19-13-21(12-18(19)23)11-16-3-5-17(6-4-16)26-14-20(24)22-7-9-25-10-8-22/h3-6,15,18-19,23H,7-14H2,1-2H3/t18-,19-/m0/s1. The van der Waals surface area contributed by atoms with Gasteiger partial charge >= 0.3 is 0 Å². The molecule has 7 heteroatoms. The first-order valence-electron chi connectivity index (χ1n) is 9.64. The smallest absolute Gasteiger partial charge is 0.260 e. The number of aliphatic hydroxyl groups is 1. The molecule has 2 aliphatic rings. The van der Waals surface area contributed by atoms with E-state index in [-0.39, 0.29) is 24.7 Å². The van der Waals surface area contributed by atoms with Gasteiger partial charge in [-0.15, -0.1) is 0 Å². The van der Waals surface area contributed by atoms with Crippen LogP contribution in [-0.4, -0.2) is 85.1 Å². The minimum absolute atomic E-state index is 0.00961. The van der Waals surface area contributed by atoms with Gasteiger partial charge < -0.3 is 24.2 Å². The highest BCUT2D eigenvalue weighted by molar-refractivity contribution is 5.77. The van der Waals surface area contributed by atoms with E-state index in [2.05, 4.69) is 4.90 Å².